The van der Waals surface area contributed by atoms with E-state index in [0.29, 0.717) is 25.5 Å². The number of alkyl halides is 6. The van der Waals surface area contributed by atoms with Gasteiger partial charge in [-0.3, -0.25) is 9.59 Å². The Kier molecular flexibility index (Phi) is 7.15. The summed E-state index contributed by atoms with van der Waals surface area (Å²) in [6, 6.07) is 6.32. The number of ether oxygens (including phenoxy) is 2. The zero-order chi connectivity index (χ0) is 24.2. The zero-order valence-electron chi connectivity index (χ0n) is 16.8. The number of nitrogens with one attached hydrogen (secondary N) is 2. The molecule has 0 saturated carbocycles. The van der Waals surface area contributed by atoms with Crippen molar-refractivity contribution in [2.24, 2.45) is 0 Å². The van der Waals surface area contributed by atoms with Gasteiger partial charge in [0.05, 0.1) is 16.8 Å². The van der Waals surface area contributed by atoms with Crippen molar-refractivity contribution in [1.29, 1.82) is 0 Å². The Morgan fingerprint density at radius 3 is 2.24 bits per heavy atom. The molecular formula is C21H18F6N2O4. The van der Waals surface area contributed by atoms with Crippen LogP contribution in [0, 0.1) is 0 Å². The lowest BCUT2D eigenvalue weighted by Gasteiger charge is -2.17. The Bertz CT molecular complexity index is 999. The SMILES string of the molecule is O=C(COc1ccc(C(F)(F)F)cc1)Nc1ccc(NC(=O)C2CCCO2)cc1C(F)(F)F. The summed E-state index contributed by atoms with van der Waals surface area (Å²) < 4.78 is 88.4. The minimum absolute atomic E-state index is 0.0682. The standard InChI is InChI=1S/C21H18F6N2O4/c22-20(23,24)12-3-6-14(7-4-12)33-11-18(30)29-16-8-5-13(10-15(16)21(25,26)27)28-19(31)17-2-1-9-32-17/h3-8,10,17H,1-2,9,11H2,(H,28,31)(H,29,30). The number of rotatable bonds is 6. The lowest BCUT2D eigenvalue weighted by Crippen LogP contribution is -2.27. The molecule has 12 heteroatoms. The molecule has 1 saturated heterocycles. The first-order valence-electron chi connectivity index (χ1n) is 9.67. The Balaban J connectivity index is 1.65. The summed E-state index contributed by atoms with van der Waals surface area (Å²) >= 11 is 0. The monoisotopic (exact) mass is 476 g/mol. The largest absolute Gasteiger partial charge is 0.484 e. The van der Waals surface area contributed by atoms with Gasteiger partial charge in [-0.15, -0.1) is 0 Å². The van der Waals surface area contributed by atoms with Gasteiger partial charge in [0.1, 0.15) is 11.9 Å². The number of carbonyl (C=O) groups is 2. The highest BCUT2D eigenvalue weighted by molar-refractivity contribution is 5.96. The molecule has 0 radical (unpaired) electrons. The summed E-state index contributed by atoms with van der Waals surface area (Å²) in [4.78, 5) is 24.1. The van der Waals surface area contributed by atoms with Gasteiger partial charge in [-0.25, -0.2) is 0 Å². The molecule has 0 aromatic heterocycles. The van der Waals surface area contributed by atoms with Crippen molar-refractivity contribution in [2.45, 2.75) is 31.3 Å². The maximum atomic E-state index is 13.5. The van der Waals surface area contributed by atoms with Gasteiger partial charge in [0.2, 0.25) is 0 Å². The normalized spacial score (nSPS) is 16.4. The summed E-state index contributed by atoms with van der Waals surface area (Å²) in [7, 11) is 0. The quantitative estimate of drug-likeness (QED) is 0.584. The van der Waals surface area contributed by atoms with Crippen LogP contribution in [0.15, 0.2) is 42.5 Å². The summed E-state index contributed by atoms with van der Waals surface area (Å²) in [5.74, 6) is -1.60. The third-order valence-corrected chi connectivity index (χ3v) is 4.64. The van der Waals surface area contributed by atoms with E-state index in [1.165, 1.54) is 6.07 Å². The Morgan fingerprint density at radius 2 is 1.67 bits per heavy atom. The van der Waals surface area contributed by atoms with Crippen molar-refractivity contribution < 1.29 is 45.4 Å². The van der Waals surface area contributed by atoms with Gasteiger partial charge in [-0.2, -0.15) is 26.3 Å². The van der Waals surface area contributed by atoms with E-state index in [1.54, 1.807) is 0 Å². The van der Waals surface area contributed by atoms with Crippen LogP contribution in [0.3, 0.4) is 0 Å². The summed E-state index contributed by atoms with van der Waals surface area (Å²) in [6.07, 6.45) is -8.99. The van der Waals surface area contributed by atoms with E-state index >= 15 is 0 Å². The number of halogens is 6. The van der Waals surface area contributed by atoms with Crippen LogP contribution in [-0.4, -0.2) is 31.1 Å². The van der Waals surface area contributed by atoms with E-state index < -0.39 is 53.7 Å². The van der Waals surface area contributed by atoms with E-state index in [4.69, 9.17) is 9.47 Å². The lowest BCUT2D eigenvalue weighted by molar-refractivity contribution is -0.138. The maximum Gasteiger partial charge on any atom is 0.418 e. The second-order valence-electron chi connectivity index (χ2n) is 7.11. The Labute approximate surface area is 183 Å². The van der Waals surface area contributed by atoms with Gasteiger partial charge < -0.3 is 20.1 Å². The van der Waals surface area contributed by atoms with Crippen LogP contribution >= 0.6 is 0 Å². The molecule has 2 N–H and O–H groups in total. The van der Waals surface area contributed by atoms with Gasteiger partial charge in [0.15, 0.2) is 6.61 Å². The molecule has 1 fully saturated rings. The number of amides is 2. The van der Waals surface area contributed by atoms with Gasteiger partial charge >= 0.3 is 12.4 Å². The number of carbonyl (C=O) groups excluding carboxylic acids is 2. The minimum atomic E-state index is -4.85. The first-order chi connectivity index (χ1) is 15.4. The second kappa shape index (κ2) is 9.69. The third-order valence-electron chi connectivity index (χ3n) is 4.64. The fourth-order valence-corrected chi connectivity index (χ4v) is 3.05. The fraction of sp³-hybridized carbons (Fsp3) is 0.333. The average Bonchev–Trinajstić information content (AvgIpc) is 3.27. The molecule has 0 spiro atoms. The molecule has 0 aliphatic carbocycles. The minimum Gasteiger partial charge on any atom is -0.484 e. The molecule has 3 rings (SSSR count). The third kappa shape index (κ3) is 6.60. The van der Waals surface area contributed by atoms with Gasteiger partial charge in [-0.1, -0.05) is 0 Å². The van der Waals surface area contributed by atoms with Crippen molar-refractivity contribution in [3.8, 4) is 5.75 Å². The lowest BCUT2D eigenvalue weighted by atomic mass is 10.1. The predicted octanol–water partition coefficient (Wildman–Crippen LogP) is 4.86. The van der Waals surface area contributed by atoms with Gasteiger partial charge in [0.25, 0.3) is 11.8 Å². The van der Waals surface area contributed by atoms with Crippen molar-refractivity contribution in [3.63, 3.8) is 0 Å². The van der Waals surface area contributed by atoms with Crippen LogP contribution in [0.25, 0.3) is 0 Å². The van der Waals surface area contributed by atoms with Crippen LogP contribution in [0.4, 0.5) is 37.7 Å². The highest BCUT2D eigenvalue weighted by Gasteiger charge is 2.35. The van der Waals surface area contributed by atoms with E-state index in [1.807, 2.05) is 0 Å². The molecule has 2 aromatic carbocycles. The van der Waals surface area contributed by atoms with Crippen molar-refractivity contribution in [3.05, 3.63) is 53.6 Å². The molecule has 1 aliphatic rings. The highest BCUT2D eigenvalue weighted by Crippen LogP contribution is 2.37. The highest BCUT2D eigenvalue weighted by atomic mass is 19.4. The van der Waals surface area contributed by atoms with Gasteiger partial charge in [0, 0.05) is 12.3 Å². The van der Waals surface area contributed by atoms with Crippen molar-refractivity contribution in [2.75, 3.05) is 23.8 Å². The molecule has 33 heavy (non-hydrogen) atoms. The van der Waals surface area contributed by atoms with E-state index in [9.17, 15) is 35.9 Å². The predicted molar refractivity (Wildman–Crippen MR) is 105 cm³/mol. The van der Waals surface area contributed by atoms with Crippen molar-refractivity contribution in [1.82, 2.24) is 0 Å². The molecule has 1 heterocycles. The van der Waals surface area contributed by atoms with Crippen LogP contribution < -0.4 is 15.4 Å². The fourth-order valence-electron chi connectivity index (χ4n) is 3.05. The molecule has 6 nitrogen and oxygen atoms in total. The number of anilines is 2. The Morgan fingerprint density at radius 1 is 0.970 bits per heavy atom. The van der Waals surface area contributed by atoms with Crippen molar-refractivity contribution >= 4 is 23.2 Å². The first kappa shape index (κ1) is 24.4. The van der Waals surface area contributed by atoms with Crippen LogP contribution in [-0.2, 0) is 26.7 Å². The molecule has 1 aliphatic heterocycles. The summed E-state index contributed by atoms with van der Waals surface area (Å²) in [5, 5.41) is 4.41. The molecule has 1 atom stereocenters. The van der Waals surface area contributed by atoms with E-state index in [2.05, 4.69) is 10.6 Å². The van der Waals surface area contributed by atoms with Crippen LogP contribution in [0.2, 0.25) is 0 Å². The number of hydrogen-bond donors (Lipinski definition) is 2. The van der Waals surface area contributed by atoms with E-state index in [-0.39, 0.29) is 11.4 Å². The smallest absolute Gasteiger partial charge is 0.418 e. The van der Waals surface area contributed by atoms with Gasteiger partial charge in [-0.05, 0) is 55.3 Å². The summed E-state index contributed by atoms with van der Waals surface area (Å²) in [5.41, 5.74) is -2.81. The molecule has 0 bridgehead atoms. The summed E-state index contributed by atoms with van der Waals surface area (Å²) in [6.45, 7) is -0.342. The Hall–Kier alpha value is -3.28. The average molecular weight is 476 g/mol. The van der Waals surface area contributed by atoms with E-state index in [0.717, 1.165) is 30.3 Å². The van der Waals surface area contributed by atoms with Crippen LogP contribution in [0.5, 0.6) is 5.75 Å². The second-order valence-corrected chi connectivity index (χ2v) is 7.11. The maximum absolute atomic E-state index is 13.5. The number of hydrogen-bond acceptors (Lipinski definition) is 4. The topological polar surface area (TPSA) is 76.7 Å². The molecular weight excluding hydrogens is 458 g/mol. The number of benzene rings is 2. The van der Waals surface area contributed by atoms with Crippen LogP contribution in [0.1, 0.15) is 24.0 Å². The first-order valence-corrected chi connectivity index (χ1v) is 9.67. The molecule has 1 unspecified atom stereocenters. The molecule has 2 aromatic rings. The molecule has 2 amide bonds. The molecule has 178 valence electrons. The zero-order valence-corrected chi connectivity index (χ0v) is 16.8.